The highest BCUT2D eigenvalue weighted by molar-refractivity contribution is 6.16. The standard InChI is InChI=1S/C23H24N2O4/c1-4-15-6-8-16(9-7-15)21-20(19(27)5-2)22(28)23(29)25(21)18-12-10-17(11-13-18)24-14(3)26/h6-13,21,28H,4-5H2,1-3H3,(H,24,26). The molecule has 0 spiro atoms. The summed E-state index contributed by atoms with van der Waals surface area (Å²) in [6.07, 6.45) is 1.06. The summed E-state index contributed by atoms with van der Waals surface area (Å²) in [7, 11) is 0. The molecule has 3 rings (SSSR count). The molecule has 1 aliphatic rings. The largest absolute Gasteiger partial charge is 0.503 e. The number of nitrogens with zero attached hydrogens (tertiary/aromatic N) is 1. The Balaban J connectivity index is 2.07. The lowest BCUT2D eigenvalue weighted by molar-refractivity contribution is -0.118. The second-order valence-electron chi connectivity index (χ2n) is 6.94. The molecule has 0 bridgehead atoms. The van der Waals surface area contributed by atoms with E-state index in [4.69, 9.17) is 0 Å². The first-order valence-corrected chi connectivity index (χ1v) is 9.63. The number of benzene rings is 2. The fourth-order valence-electron chi connectivity index (χ4n) is 3.51. The summed E-state index contributed by atoms with van der Waals surface area (Å²) in [5.74, 6) is -1.58. The van der Waals surface area contributed by atoms with E-state index in [1.54, 1.807) is 31.2 Å². The zero-order valence-corrected chi connectivity index (χ0v) is 16.7. The van der Waals surface area contributed by atoms with Gasteiger partial charge < -0.3 is 10.4 Å². The number of nitrogens with one attached hydrogen (secondary N) is 1. The van der Waals surface area contributed by atoms with Crippen molar-refractivity contribution in [1.29, 1.82) is 0 Å². The highest BCUT2D eigenvalue weighted by Gasteiger charge is 2.43. The lowest BCUT2D eigenvalue weighted by atomic mass is 9.94. The van der Waals surface area contributed by atoms with Crippen LogP contribution in [-0.2, 0) is 20.8 Å². The van der Waals surface area contributed by atoms with Gasteiger partial charge in [-0.3, -0.25) is 19.3 Å². The summed E-state index contributed by atoms with van der Waals surface area (Å²) in [4.78, 5) is 38.2. The second kappa shape index (κ2) is 8.31. The Labute approximate surface area is 169 Å². The maximum Gasteiger partial charge on any atom is 0.294 e. The van der Waals surface area contributed by atoms with Gasteiger partial charge in [-0.15, -0.1) is 0 Å². The van der Waals surface area contributed by atoms with Crippen LogP contribution < -0.4 is 10.2 Å². The molecule has 1 unspecified atom stereocenters. The number of aryl methyl sites for hydroxylation is 1. The van der Waals surface area contributed by atoms with E-state index in [-0.39, 0.29) is 23.7 Å². The Morgan fingerprint density at radius 2 is 1.66 bits per heavy atom. The average molecular weight is 392 g/mol. The van der Waals surface area contributed by atoms with Crippen LogP contribution >= 0.6 is 0 Å². The van der Waals surface area contributed by atoms with Crippen molar-refractivity contribution in [3.05, 3.63) is 71.0 Å². The molecule has 0 saturated heterocycles. The summed E-state index contributed by atoms with van der Waals surface area (Å²) in [5.41, 5.74) is 3.13. The van der Waals surface area contributed by atoms with Crippen LogP contribution in [0.1, 0.15) is 44.4 Å². The molecule has 1 heterocycles. The molecule has 0 radical (unpaired) electrons. The number of amides is 2. The van der Waals surface area contributed by atoms with E-state index in [2.05, 4.69) is 12.2 Å². The third kappa shape index (κ3) is 3.92. The van der Waals surface area contributed by atoms with Crippen LogP contribution in [-0.4, -0.2) is 22.7 Å². The maximum absolute atomic E-state index is 12.9. The van der Waals surface area contributed by atoms with Crippen molar-refractivity contribution in [1.82, 2.24) is 0 Å². The summed E-state index contributed by atoms with van der Waals surface area (Å²) in [6.45, 7) is 5.17. The molecule has 150 valence electrons. The Hall–Kier alpha value is -3.41. The lowest BCUT2D eigenvalue weighted by Crippen LogP contribution is -2.31. The minimum absolute atomic E-state index is 0.118. The molecule has 6 heteroatoms. The van der Waals surface area contributed by atoms with Crippen molar-refractivity contribution in [2.75, 3.05) is 10.2 Å². The average Bonchev–Trinajstić information content (AvgIpc) is 2.98. The first-order chi connectivity index (χ1) is 13.9. The van der Waals surface area contributed by atoms with Crippen LogP contribution in [0.5, 0.6) is 0 Å². The van der Waals surface area contributed by atoms with Crippen molar-refractivity contribution in [2.45, 2.75) is 39.7 Å². The van der Waals surface area contributed by atoms with Crippen LogP contribution in [0.4, 0.5) is 11.4 Å². The number of carbonyl (C=O) groups excluding carboxylic acids is 3. The van der Waals surface area contributed by atoms with Crippen molar-refractivity contribution in [3.63, 3.8) is 0 Å². The fraction of sp³-hybridized carbons (Fsp3) is 0.261. The summed E-state index contributed by atoms with van der Waals surface area (Å²) in [6, 6.07) is 13.7. The molecule has 2 aromatic rings. The van der Waals surface area contributed by atoms with Gasteiger partial charge in [0.15, 0.2) is 11.5 Å². The summed E-state index contributed by atoms with van der Waals surface area (Å²) in [5, 5.41) is 13.2. The number of Topliss-reactive ketones (excluding diaryl/α,β-unsaturated/α-hetero) is 1. The topological polar surface area (TPSA) is 86.7 Å². The number of carbonyl (C=O) groups is 3. The van der Waals surface area contributed by atoms with Crippen molar-refractivity contribution < 1.29 is 19.5 Å². The third-order valence-corrected chi connectivity index (χ3v) is 5.00. The van der Waals surface area contributed by atoms with E-state index in [1.165, 1.54) is 11.8 Å². The third-order valence-electron chi connectivity index (χ3n) is 5.00. The van der Waals surface area contributed by atoms with Gasteiger partial charge in [-0.1, -0.05) is 38.1 Å². The molecule has 2 aromatic carbocycles. The maximum atomic E-state index is 12.9. The first-order valence-electron chi connectivity index (χ1n) is 9.63. The minimum atomic E-state index is -0.701. The van der Waals surface area contributed by atoms with Gasteiger partial charge in [0, 0.05) is 24.7 Å². The molecule has 0 fully saturated rings. The van der Waals surface area contributed by atoms with Crippen molar-refractivity contribution >= 4 is 29.0 Å². The Morgan fingerprint density at radius 3 is 2.17 bits per heavy atom. The van der Waals surface area contributed by atoms with E-state index >= 15 is 0 Å². The Bertz CT molecular complexity index is 975. The van der Waals surface area contributed by atoms with Gasteiger partial charge in [-0.25, -0.2) is 0 Å². The fourth-order valence-corrected chi connectivity index (χ4v) is 3.51. The van der Waals surface area contributed by atoms with Gasteiger partial charge in [0.25, 0.3) is 5.91 Å². The van der Waals surface area contributed by atoms with Crippen LogP contribution in [0.3, 0.4) is 0 Å². The predicted octanol–water partition coefficient (Wildman–Crippen LogP) is 4.09. The molecule has 2 amide bonds. The lowest BCUT2D eigenvalue weighted by Gasteiger charge is -2.27. The molecule has 0 aromatic heterocycles. The molecule has 0 saturated carbocycles. The molecule has 1 aliphatic heterocycles. The number of aliphatic hydroxyl groups is 1. The zero-order chi connectivity index (χ0) is 21.1. The summed E-state index contributed by atoms with van der Waals surface area (Å²) >= 11 is 0. The first kappa shape index (κ1) is 20.3. The van der Waals surface area contributed by atoms with E-state index < -0.39 is 17.7 Å². The van der Waals surface area contributed by atoms with Gasteiger partial charge in [-0.2, -0.15) is 0 Å². The van der Waals surface area contributed by atoms with Gasteiger partial charge in [0.05, 0.1) is 11.6 Å². The highest BCUT2D eigenvalue weighted by atomic mass is 16.3. The molecule has 29 heavy (non-hydrogen) atoms. The molecule has 0 aliphatic carbocycles. The number of hydrogen-bond donors (Lipinski definition) is 2. The smallest absolute Gasteiger partial charge is 0.294 e. The van der Waals surface area contributed by atoms with Gasteiger partial charge >= 0.3 is 0 Å². The zero-order valence-electron chi connectivity index (χ0n) is 16.7. The van der Waals surface area contributed by atoms with Gasteiger partial charge in [0.2, 0.25) is 5.91 Å². The van der Waals surface area contributed by atoms with E-state index in [0.717, 1.165) is 17.5 Å². The molecule has 2 N–H and O–H groups in total. The number of aliphatic hydroxyl groups excluding tert-OH is 1. The predicted molar refractivity (Wildman–Crippen MR) is 112 cm³/mol. The van der Waals surface area contributed by atoms with E-state index in [1.807, 2.05) is 24.3 Å². The number of anilines is 2. The van der Waals surface area contributed by atoms with Crippen molar-refractivity contribution in [3.8, 4) is 0 Å². The van der Waals surface area contributed by atoms with Crippen LogP contribution in [0.2, 0.25) is 0 Å². The summed E-state index contributed by atoms with van der Waals surface area (Å²) < 4.78 is 0. The van der Waals surface area contributed by atoms with Crippen molar-refractivity contribution in [2.24, 2.45) is 0 Å². The SMILES string of the molecule is CCC(=O)C1=C(O)C(=O)N(c2ccc(NC(C)=O)cc2)C1c1ccc(CC)cc1. The monoisotopic (exact) mass is 392 g/mol. The quantitative estimate of drug-likeness (QED) is 0.775. The highest BCUT2D eigenvalue weighted by Crippen LogP contribution is 2.41. The minimum Gasteiger partial charge on any atom is -0.503 e. The molecule has 1 atom stereocenters. The number of ketones is 1. The molecular weight excluding hydrogens is 368 g/mol. The number of rotatable bonds is 6. The van der Waals surface area contributed by atoms with E-state index in [9.17, 15) is 19.5 Å². The van der Waals surface area contributed by atoms with Gasteiger partial charge in [-0.05, 0) is 41.8 Å². The Kier molecular flexibility index (Phi) is 5.82. The van der Waals surface area contributed by atoms with Crippen LogP contribution in [0.25, 0.3) is 0 Å². The second-order valence-corrected chi connectivity index (χ2v) is 6.94. The van der Waals surface area contributed by atoms with Crippen LogP contribution in [0.15, 0.2) is 59.9 Å². The number of hydrogen-bond acceptors (Lipinski definition) is 4. The van der Waals surface area contributed by atoms with Crippen LogP contribution in [0, 0.1) is 0 Å². The van der Waals surface area contributed by atoms with Gasteiger partial charge in [0.1, 0.15) is 0 Å². The molecular formula is C23H24N2O4. The normalized spacial score (nSPS) is 16.3. The van der Waals surface area contributed by atoms with E-state index in [0.29, 0.717) is 11.4 Å². The molecule has 6 nitrogen and oxygen atoms in total. The Morgan fingerprint density at radius 1 is 1.03 bits per heavy atom.